The van der Waals surface area contributed by atoms with Gasteiger partial charge in [0.15, 0.2) is 0 Å². The number of para-hydroxylation sites is 1. The van der Waals surface area contributed by atoms with Crippen molar-refractivity contribution in [2.45, 2.75) is 38.9 Å². The van der Waals surface area contributed by atoms with Crippen LogP contribution in [0.4, 0.5) is 0 Å². The number of fused-ring (bicyclic) bond motifs is 5. The molecule has 6 rings (SSSR count). The Morgan fingerprint density at radius 2 is 1.33 bits per heavy atom. The van der Waals surface area contributed by atoms with Crippen molar-refractivity contribution < 1.29 is 9.31 Å². The molecule has 0 bridgehead atoms. The van der Waals surface area contributed by atoms with Crippen LogP contribution in [0.2, 0.25) is 0 Å². The number of nitrogens with zero attached hydrogens (tertiary/aromatic N) is 1. The zero-order valence-corrected chi connectivity index (χ0v) is 17.5. The predicted molar refractivity (Wildman–Crippen MR) is 123 cm³/mol. The number of aromatic nitrogens is 1. The van der Waals surface area contributed by atoms with Gasteiger partial charge in [-0.25, -0.2) is 0 Å². The number of pyridine rings is 1. The predicted octanol–water partition coefficient (Wildman–Crippen LogP) is 4.50. The summed E-state index contributed by atoms with van der Waals surface area (Å²) in [5, 5.41) is 4.94. The van der Waals surface area contributed by atoms with Gasteiger partial charge in [-0.3, -0.25) is 9.20 Å². The van der Waals surface area contributed by atoms with Crippen molar-refractivity contribution in [1.82, 2.24) is 4.40 Å². The molecule has 0 radical (unpaired) electrons. The molecule has 1 fully saturated rings. The third-order valence-corrected chi connectivity index (χ3v) is 6.99. The molecule has 148 valence electrons. The Bertz CT molecular complexity index is 1520. The minimum atomic E-state index is -0.431. The van der Waals surface area contributed by atoms with Gasteiger partial charge in [-0.2, -0.15) is 0 Å². The maximum absolute atomic E-state index is 13.4. The Kier molecular flexibility index (Phi) is 3.36. The molecular formula is C25H22BNO3. The minimum Gasteiger partial charge on any atom is -0.399 e. The summed E-state index contributed by atoms with van der Waals surface area (Å²) in [6, 6.07) is 20.2. The lowest BCUT2D eigenvalue weighted by atomic mass is 9.78. The van der Waals surface area contributed by atoms with Crippen molar-refractivity contribution >= 4 is 50.5 Å². The summed E-state index contributed by atoms with van der Waals surface area (Å²) >= 11 is 0. The van der Waals surface area contributed by atoms with Gasteiger partial charge in [-0.15, -0.1) is 0 Å². The largest absolute Gasteiger partial charge is 0.494 e. The van der Waals surface area contributed by atoms with E-state index in [1.165, 1.54) is 0 Å². The van der Waals surface area contributed by atoms with Crippen LogP contribution < -0.4 is 11.0 Å². The van der Waals surface area contributed by atoms with Crippen molar-refractivity contribution in [2.75, 3.05) is 0 Å². The fraction of sp³-hybridized carbons (Fsp3) is 0.240. The standard InChI is InChI=1S/C25H22BNO3/c1-24(2)25(3,4)30-26(29-24)15-12-13-21-20(14-15)18-11-7-10-17-16-8-5-6-9-19(16)23(28)27(21)22(17)18/h5-14H,1-4H3. The zero-order valence-electron chi connectivity index (χ0n) is 17.5. The molecule has 5 heteroatoms. The van der Waals surface area contributed by atoms with Gasteiger partial charge in [0, 0.05) is 21.5 Å². The molecule has 3 aromatic carbocycles. The first-order chi connectivity index (χ1) is 14.3. The Morgan fingerprint density at radius 3 is 2.03 bits per heavy atom. The molecule has 0 N–H and O–H groups in total. The topological polar surface area (TPSA) is 39.9 Å². The first-order valence-corrected chi connectivity index (χ1v) is 10.4. The maximum Gasteiger partial charge on any atom is 0.494 e. The van der Waals surface area contributed by atoms with Crippen LogP contribution in [-0.4, -0.2) is 22.7 Å². The average molecular weight is 395 g/mol. The van der Waals surface area contributed by atoms with Crippen LogP contribution in [0.3, 0.4) is 0 Å². The van der Waals surface area contributed by atoms with Crippen LogP contribution >= 0.6 is 0 Å². The molecule has 1 aliphatic heterocycles. The molecule has 3 heterocycles. The summed E-state index contributed by atoms with van der Waals surface area (Å²) in [6.45, 7) is 8.23. The molecule has 0 spiro atoms. The normalized spacial score (nSPS) is 18.3. The average Bonchev–Trinajstić information content (AvgIpc) is 3.17. The maximum atomic E-state index is 13.4. The van der Waals surface area contributed by atoms with Gasteiger partial charge >= 0.3 is 7.12 Å². The van der Waals surface area contributed by atoms with Crippen LogP contribution in [0.25, 0.3) is 38.0 Å². The van der Waals surface area contributed by atoms with Gasteiger partial charge < -0.3 is 9.31 Å². The fourth-order valence-electron chi connectivity index (χ4n) is 4.67. The number of hydrogen-bond acceptors (Lipinski definition) is 3. The second kappa shape index (κ2) is 5.62. The molecule has 0 aliphatic carbocycles. The quantitative estimate of drug-likeness (QED) is 0.310. The van der Waals surface area contributed by atoms with Crippen LogP contribution in [0.1, 0.15) is 27.7 Å². The van der Waals surface area contributed by atoms with E-state index in [0.29, 0.717) is 0 Å². The molecular weight excluding hydrogens is 373 g/mol. The minimum absolute atomic E-state index is 0.0210. The molecule has 0 amide bonds. The summed E-state index contributed by atoms with van der Waals surface area (Å²) in [5.74, 6) is 0. The Labute approximate surface area is 174 Å². The number of rotatable bonds is 1. The van der Waals surface area contributed by atoms with E-state index in [4.69, 9.17) is 9.31 Å². The van der Waals surface area contributed by atoms with Crippen molar-refractivity contribution in [3.8, 4) is 0 Å². The summed E-state index contributed by atoms with van der Waals surface area (Å²) < 4.78 is 14.4. The van der Waals surface area contributed by atoms with Crippen molar-refractivity contribution in [2.24, 2.45) is 0 Å². The molecule has 1 aliphatic rings. The van der Waals surface area contributed by atoms with Crippen molar-refractivity contribution in [3.63, 3.8) is 0 Å². The van der Waals surface area contributed by atoms with E-state index in [9.17, 15) is 4.79 Å². The molecule has 2 aromatic heterocycles. The molecule has 1 saturated heterocycles. The van der Waals surface area contributed by atoms with Crippen LogP contribution in [-0.2, 0) is 9.31 Å². The highest BCUT2D eigenvalue weighted by Crippen LogP contribution is 2.38. The van der Waals surface area contributed by atoms with E-state index in [2.05, 4.69) is 52.0 Å². The number of benzene rings is 3. The van der Waals surface area contributed by atoms with Gasteiger partial charge in [0.05, 0.1) is 22.2 Å². The lowest BCUT2D eigenvalue weighted by molar-refractivity contribution is 0.00578. The SMILES string of the molecule is CC1(C)OB(c2ccc3c(c2)c2cccc4c5ccccc5c(=O)n3c42)OC1(C)C. The van der Waals surface area contributed by atoms with Crippen LogP contribution in [0.5, 0.6) is 0 Å². The summed E-state index contributed by atoms with van der Waals surface area (Å²) in [7, 11) is -0.431. The first-order valence-electron chi connectivity index (χ1n) is 10.4. The molecule has 0 saturated carbocycles. The smallest absolute Gasteiger partial charge is 0.399 e. The second-order valence-electron chi connectivity index (χ2n) is 9.25. The Balaban J connectivity index is 1.68. The summed E-state index contributed by atoms with van der Waals surface area (Å²) in [4.78, 5) is 13.4. The van der Waals surface area contributed by atoms with Gasteiger partial charge in [0.1, 0.15) is 0 Å². The molecule has 30 heavy (non-hydrogen) atoms. The van der Waals surface area contributed by atoms with Gasteiger partial charge in [-0.1, -0.05) is 48.5 Å². The summed E-state index contributed by atoms with van der Waals surface area (Å²) in [5.41, 5.74) is 2.09. The van der Waals surface area contributed by atoms with E-state index in [-0.39, 0.29) is 5.56 Å². The fourth-order valence-corrected chi connectivity index (χ4v) is 4.67. The van der Waals surface area contributed by atoms with E-state index in [0.717, 1.165) is 43.4 Å². The van der Waals surface area contributed by atoms with Gasteiger partial charge in [0.25, 0.3) is 5.56 Å². The highest BCUT2D eigenvalue weighted by atomic mass is 16.7. The lowest BCUT2D eigenvalue weighted by Gasteiger charge is -2.32. The zero-order chi connectivity index (χ0) is 20.8. The number of hydrogen-bond donors (Lipinski definition) is 0. The third-order valence-electron chi connectivity index (χ3n) is 6.99. The lowest BCUT2D eigenvalue weighted by Crippen LogP contribution is -2.41. The monoisotopic (exact) mass is 395 g/mol. The van der Waals surface area contributed by atoms with E-state index < -0.39 is 18.3 Å². The van der Waals surface area contributed by atoms with Crippen molar-refractivity contribution in [3.05, 3.63) is 71.0 Å². The van der Waals surface area contributed by atoms with Crippen molar-refractivity contribution in [1.29, 1.82) is 0 Å². The van der Waals surface area contributed by atoms with E-state index in [1.54, 1.807) is 0 Å². The Morgan fingerprint density at radius 1 is 0.733 bits per heavy atom. The molecule has 4 nitrogen and oxygen atoms in total. The molecule has 0 unspecified atom stereocenters. The van der Waals surface area contributed by atoms with E-state index >= 15 is 0 Å². The van der Waals surface area contributed by atoms with Gasteiger partial charge in [0.2, 0.25) is 0 Å². The highest BCUT2D eigenvalue weighted by molar-refractivity contribution is 6.62. The first kappa shape index (κ1) is 17.9. The highest BCUT2D eigenvalue weighted by Gasteiger charge is 2.51. The molecule has 5 aromatic rings. The second-order valence-corrected chi connectivity index (χ2v) is 9.25. The van der Waals surface area contributed by atoms with Gasteiger partial charge in [-0.05, 0) is 50.7 Å². The van der Waals surface area contributed by atoms with Crippen LogP contribution in [0.15, 0.2) is 65.5 Å². The molecule has 0 atom stereocenters. The summed E-state index contributed by atoms with van der Waals surface area (Å²) in [6.07, 6.45) is 0. The van der Waals surface area contributed by atoms with Crippen LogP contribution in [0, 0.1) is 0 Å². The Hall–Kier alpha value is -2.89. The third kappa shape index (κ3) is 2.17. The van der Waals surface area contributed by atoms with E-state index in [1.807, 2.05) is 40.8 Å².